The third-order valence-corrected chi connectivity index (χ3v) is 4.98. The van der Waals surface area contributed by atoms with Crippen LogP contribution in [0.5, 0.6) is 0 Å². The van der Waals surface area contributed by atoms with Crippen LogP contribution < -0.4 is 4.90 Å². The van der Waals surface area contributed by atoms with Crippen molar-refractivity contribution < 1.29 is 19.1 Å². The van der Waals surface area contributed by atoms with Crippen molar-refractivity contribution in [3.8, 4) is 0 Å². The Kier molecular flexibility index (Phi) is 6.21. The molecule has 1 heterocycles. The van der Waals surface area contributed by atoms with Gasteiger partial charge in [-0.2, -0.15) is 0 Å². The molecule has 1 saturated heterocycles. The highest BCUT2D eigenvalue weighted by molar-refractivity contribution is 6.07. The largest absolute Gasteiger partial charge is 0.478 e. The Labute approximate surface area is 163 Å². The second-order valence-electron chi connectivity index (χ2n) is 6.71. The zero-order chi connectivity index (χ0) is 20.1. The summed E-state index contributed by atoms with van der Waals surface area (Å²) in [6.45, 7) is 6.45. The maximum absolute atomic E-state index is 14.6. The smallest absolute Gasteiger partial charge is 0.335 e. The minimum atomic E-state index is -1.00. The highest BCUT2D eigenvalue weighted by atomic mass is 19.1. The lowest BCUT2D eigenvalue weighted by Crippen LogP contribution is -2.46. The van der Waals surface area contributed by atoms with Gasteiger partial charge in [-0.25, -0.2) is 9.18 Å². The molecule has 0 radical (unpaired) electrons. The van der Waals surface area contributed by atoms with Gasteiger partial charge in [-0.1, -0.05) is 25.1 Å². The number of piperazine rings is 1. The van der Waals surface area contributed by atoms with Crippen LogP contribution >= 0.6 is 0 Å². The van der Waals surface area contributed by atoms with E-state index < -0.39 is 11.8 Å². The normalized spacial score (nSPS) is 15.1. The second kappa shape index (κ2) is 8.80. The maximum Gasteiger partial charge on any atom is 0.335 e. The lowest BCUT2D eigenvalue weighted by molar-refractivity contribution is 0.0696. The molecule has 0 bridgehead atoms. The molecule has 1 aliphatic rings. The van der Waals surface area contributed by atoms with Gasteiger partial charge in [0.25, 0.3) is 0 Å². The van der Waals surface area contributed by atoms with E-state index in [1.807, 2.05) is 4.90 Å². The Morgan fingerprint density at radius 1 is 1.04 bits per heavy atom. The standard InChI is InChI=1S/C22H23FN2O3/c1-2-24-11-13-25(14-12-24)20-9-8-18(15-19(20)23)21(26)10-5-16-3-6-17(7-4-16)22(27)28/h3-10,15H,2,11-14H2,1H3,(H,27,28)/b10-5+. The minimum absolute atomic E-state index is 0.181. The van der Waals surface area contributed by atoms with Gasteiger partial charge in [-0.15, -0.1) is 0 Å². The summed E-state index contributed by atoms with van der Waals surface area (Å²) in [6, 6.07) is 10.8. The number of benzene rings is 2. The fourth-order valence-corrected chi connectivity index (χ4v) is 3.23. The fourth-order valence-electron chi connectivity index (χ4n) is 3.23. The summed E-state index contributed by atoms with van der Waals surface area (Å²) >= 11 is 0. The quantitative estimate of drug-likeness (QED) is 0.611. The van der Waals surface area contributed by atoms with Crippen LogP contribution in [0.15, 0.2) is 48.5 Å². The van der Waals surface area contributed by atoms with Crippen LogP contribution in [0.3, 0.4) is 0 Å². The van der Waals surface area contributed by atoms with Crippen LogP contribution in [0, 0.1) is 5.82 Å². The first-order valence-corrected chi connectivity index (χ1v) is 9.30. The molecule has 0 spiro atoms. The van der Waals surface area contributed by atoms with Crippen molar-refractivity contribution in [1.29, 1.82) is 0 Å². The van der Waals surface area contributed by atoms with E-state index in [4.69, 9.17) is 5.11 Å². The lowest BCUT2D eigenvalue weighted by atomic mass is 10.1. The molecule has 5 nitrogen and oxygen atoms in total. The topological polar surface area (TPSA) is 60.9 Å². The summed E-state index contributed by atoms with van der Waals surface area (Å²) in [5.41, 5.74) is 1.69. The van der Waals surface area contributed by atoms with Gasteiger partial charge in [-0.3, -0.25) is 4.79 Å². The molecule has 0 unspecified atom stereocenters. The van der Waals surface area contributed by atoms with Gasteiger partial charge in [0.1, 0.15) is 5.82 Å². The van der Waals surface area contributed by atoms with Gasteiger partial charge in [-0.05, 0) is 48.5 Å². The molecule has 0 atom stereocenters. The number of carbonyl (C=O) groups excluding carboxylic acids is 1. The summed E-state index contributed by atoms with van der Waals surface area (Å²) in [6.07, 6.45) is 2.95. The van der Waals surface area contributed by atoms with E-state index in [1.54, 1.807) is 30.3 Å². The number of rotatable bonds is 6. The first kappa shape index (κ1) is 19.8. The molecule has 1 fully saturated rings. The number of carboxylic acids is 1. The van der Waals surface area contributed by atoms with E-state index in [0.717, 1.165) is 32.7 Å². The van der Waals surface area contributed by atoms with Crippen molar-refractivity contribution in [3.05, 3.63) is 71.0 Å². The van der Waals surface area contributed by atoms with Gasteiger partial charge in [0.15, 0.2) is 5.78 Å². The molecule has 0 aliphatic carbocycles. The number of carboxylic acid groups (broad SMARTS) is 1. The van der Waals surface area contributed by atoms with Crippen LogP contribution in [0.1, 0.15) is 33.2 Å². The van der Waals surface area contributed by atoms with Crippen LogP contribution in [-0.2, 0) is 0 Å². The molecule has 1 aliphatic heterocycles. The van der Waals surface area contributed by atoms with Crippen molar-refractivity contribution in [2.45, 2.75) is 6.92 Å². The number of nitrogens with zero attached hydrogens (tertiary/aromatic N) is 2. The van der Waals surface area contributed by atoms with Crippen LogP contribution in [0.25, 0.3) is 6.08 Å². The zero-order valence-electron chi connectivity index (χ0n) is 15.8. The van der Waals surface area contributed by atoms with E-state index in [9.17, 15) is 14.0 Å². The molecule has 1 N–H and O–H groups in total. The van der Waals surface area contributed by atoms with E-state index in [-0.39, 0.29) is 16.9 Å². The molecule has 2 aromatic carbocycles. The minimum Gasteiger partial charge on any atom is -0.478 e. The van der Waals surface area contributed by atoms with Gasteiger partial charge in [0.2, 0.25) is 0 Å². The number of hydrogen-bond acceptors (Lipinski definition) is 4. The number of hydrogen-bond donors (Lipinski definition) is 1. The first-order valence-electron chi connectivity index (χ1n) is 9.30. The van der Waals surface area contributed by atoms with Crippen molar-refractivity contribution in [2.24, 2.45) is 0 Å². The van der Waals surface area contributed by atoms with E-state index in [2.05, 4.69) is 11.8 Å². The van der Waals surface area contributed by atoms with Gasteiger partial charge in [0.05, 0.1) is 11.3 Å². The van der Waals surface area contributed by atoms with Gasteiger partial charge in [0, 0.05) is 31.7 Å². The van der Waals surface area contributed by atoms with Crippen molar-refractivity contribution in [3.63, 3.8) is 0 Å². The molecular formula is C22H23FN2O3. The summed E-state index contributed by atoms with van der Waals surface area (Å²) in [5, 5.41) is 8.90. The zero-order valence-corrected chi connectivity index (χ0v) is 15.8. The first-order chi connectivity index (χ1) is 13.5. The summed E-state index contributed by atoms with van der Waals surface area (Å²) in [7, 11) is 0. The molecule has 2 aromatic rings. The molecule has 6 heteroatoms. The number of allylic oxidation sites excluding steroid dienone is 1. The average molecular weight is 382 g/mol. The lowest BCUT2D eigenvalue weighted by Gasteiger charge is -2.35. The predicted octanol–water partition coefficient (Wildman–Crippen LogP) is 3.56. The SMILES string of the molecule is CCN1CCN(c2ccc(C(=O)/C=C/c3ccc(C(=O)O)cc3)cc2F)CC1. The molecular weight excluding hydrogens is 359 g/mol. The number of anilines is 1. The summed E-state index contributed by atoms with van der Waals surface area (Å²) in [5.74, 6) is -1.70. The highest BCUT2D eigenvalue weighted by Gasteiger charge is 2.19. The molecule has 146 valence electrons. The number of aromatic carboxylic acids is 1. The number of likely N-dealkylation sites (N-methyl/N-ethyl adjacent to an activating group) is 1. The monoisotopic (exact) mass is 382 g/mol. The third-order valence-electron chi connectivity index (χ3n) is 4.98. The van der Waals surface area contributed by atoms with Crippen LogP contribution in [0.2, 0.25) is 0 Å². The molecule has 0 amide bonds. The average Bonchev–Trinajstić information content (AvgIpc) is 2.72. The number of carbonyl (C=O) groups is 2. The van der Waals surface area contributed by atoms with Crippen LogP contribution in [-0.4, -0.2) is 54.5 Å². The molecule has 0 saturated carbocycles. The Balaban J connectivity index is 1.67. The Morgan fingerprint density at radius 3 is 2.25 bits per heavy atom. The van der Waals surface area contributed by atoms with Crippen molar-refractivity contribution >= 4 is 23.5 Å². The van der Waals surface area contributed by atoms with E-state index >= 15 is 0 Å². The summed E-state index contributed by atoms with van der Waals surface area (Å²) < 4.78 is 14.6. The molecule has 3 rings (SSSR count). The fraction of sp³-hybridized carbons (Fsp3) is 0.273. The molecule has 0 aromatic heterocycles. The van der Waals surface area contributed by atoms with Crippen molar-refractivity contribution in [1.82, 2.24) is 4.90 Å². The maximum atomic E-state index is 14.6. The summed E-state index contributed by atoms with van der Waals surface area (Å²) in [4.78, 5) is 27.5. The second-order valence-corrected chi connectivity index (χ2v) is 6.71. The highest BCUT2D eigenvalue weighted by Crippen LogP contribution is 2.22. The number of halogens is 1. The van der Waals surface area contributed by atoms with Crippen LogP contribution in [0.4, 0.5) is 10.1 Å². The van der Waals surface area contributed by atoms with E-state index in [1.165, 1.54) is 24.3 Å². The third kappa shape index (κ3) is 4.64. The van der Waals surface area contributed by atoms with Gasteiger partial charge >= 0.3 is 5.97 Å². The van der Waals surface area contributed by atoms with E-state index in [0.29, 0.717) is 11.3 Å². The number of ketones is 1. The Morgan fingerprint density at radius 2 is 1.68 bits per heavy atom. The Bertz CT molecular complexity index is 885. The predicted molar refractivity (Wildman–Crippen MR) is 107 cm³/mol. The Hall–Kier alpha value is -2.99. The van der Waals surface area contributed by atoms with Crippen molar-refractivity contribution in [2.75, 3.05) is 37.6 Å². The molecule has 28 heavy (non-hydrogen) atoms. The van der Waals surface area contributed by atoms with Gasteiger partial charge < -0.3 is 14.9 Å².